The summed E-state index contributed by atoms with van der Waals surface area (Å²) in [6.07, 6.45) is 3.34. The number of ether oxygens (including phenoxy) is 1. The molecule has 1 aliphatic heterocycles. The van der Waals surface area contributed by atoms with Crippen LogP contribution in [0.3, 0.4) is 0 Å². The van der Waals surface area contributed by atoms with Crippen LogP contribution in [0.25, 0.3) is 32.7 Å². The van der Waals surface area contributed by atoms with Gasteiger partial charge in [0.05, 0.1) is 18.6 Å². The number of anilines is 1. The van der Waals surface area contributed by atoms with Crippen LogP contribution in [0.4, 0.5) is 5.69 Å². The molecule has 6 rings (SSSR count). The van der Waals surface area contributed by atoms with Gasteiger partial charge in [0.2, 0.25) is 5.88 Å². The van der Waals surface area contributed by atoms with Crippen molar-refractivity contribution in [2.24, 2.45) is 0 Å². The van der Waals surface area contributed by atoms with Crippen molar-refractivity contribution in [1.82, 2.24) is 20.3 Å². The van der Waals surface area contributed by atoms with Gasteiger partial charge in [-0.05, 0) is 48.5 Å². The van der Waals surface area contributed by atoms with Gasteiger partial charge in [0.25, 0.3) is 15.9 Å². The SMILES string of the molecule is COc1ncc2cc1NS(=O)(=O)c1cccc(c1)C(=O)NCc1ccc(s1)-c1ccnc3[nH]c-2cc13. The number of H-pyrrole nitrogens is 1. The number of hydrogen-bond donors (Lipinski definition) is 3. The summed E-state index contributed by atoms with van der Waals surface area (Å²) in [4.78, 5) is 26.9. The van der Waals surface area contributed by atoms with E-state index in [1.807, 2.05) is 24.3 Å². The molecule has 36 heavy (non-hydrogen) atoms. The van der Waals surface area contributed by atoms with Crippen LogP contribution in [-0.4, -0.2) is 36.4 Å². The lowest BCUT2D eigenvalue weighted by Gasteiger charge is -2.13. The summed E-state index contributed by atoms with van der Waals surface area (Å²) in [5.41, 5.74) is 3.48. The number of thiophene rings is 1. The predicted molar refractivity (Wildman–Crippen MR) is 138 cm³/mol. The maximum absolute atomic E-state index is 13.2. The van der Waals surface area contributed by atoms with Crippen molar-refractivity contribution < 1.29 is 17.9 Å². The number of carbonyl (C=O) groups excluding carboxylic acids is 1. The number of methoxy groups -OCH3 is 1. The summed E-state index contributed by atoms with van der Waals surface area (Å²) >= 11 is 1.57. The number of pyridine rings is 2. The summed E-state index contributed by atoms with van der Waals surface area (Å²) in [7, 11) is -2.63. The number of aromatic nitrogens is 3. The van der Waals surface area contributed by atoms with E-state index in [4.69, 9.17) is 4.74 Å². The summed E-state index contributed by atoms with van der Waals surface area (Å²) in [6.45, 7) is 0.318. The second-order valence-electron chi connectivity index (χ2n) is 8.17. The number of hydrogen-bond acceptors (Lipinski definition) is 7. The van der Waals surface area contributed by atoms with E-state index in [-0.39, 0.29) is 27.9 Å². The van der Waals surface area contributed by atoms with Crippen molar-refractivity contribution >= 4 is 44.0 Å². The van der Waals surface area contributed by atoms with Gasteiger partial charge in [-0.15, -0.1) is 11.3 Å². The lowest BCUT2D eigenvalue weighted by atomic mass is 10.1. The first-order valence-electron chi connectivity index (χ1n) is 10.9. The molecule has 3 N–H and O–H groups in total. The average molecular weight is 518 g/mol. The van der Waals surface area contributed by atoms with E-state index >= 15 is 0 Å². The maximum atomic E-state index is 13.2. The molecule has 0 radical (unpaired) electrons. The molecule has 1 amide bonds. The first-order valence-corrected chi connectivity index (χ1v) is 13.2. The van der Waals surface area contributed by atoms with E-state index in [1.54, 1.807) is 35.9 Å². The van der Waals surface area contributed by atoms with Crippen LogP contribution in [0.1, 0.15) is 15.2 Å². The zero-order valence-corrected chi connectivity index (χ0v) is 20.5. The Morgan fingerprint density at radius 2 is 1.92 bits per heavy atom. The van der Waals surface area contributed by atoms with Gasteiger partial charge in [0.1, 0.15) is 11.3 Å². The van der Waals surface area contributed by atoms with Crippen molar-refractivity contribution in [2.75, 3.05) is 11.8 Å². The fourth-order valence-corrected chi connectivity index (χ4v) is 6.21. The van der Waals surface area contributed by atoms with Crippen molar-refractivity contribution in [3.8, 4) is 27.6 Å². The van der Waals surface area contributed by atoms with Gasteiger partial charge in [-0.2, -0.15) is 0 Å². The van der Waals surface area contributed by atoms with Crippen molar-refractivity contribution in [2.45, 2.75) is 11.4 Å². The third kappa shape index (κ3) is 3.88. The molecule has 0 saturated heterocycles. The predicted octanol–water partition coefficient (Wildman–Crippen LogP) is 4.41. The molecule has 0 saturated carbocycles. The molecule has 1 aromatic carbocycles. The number of aromatic amines is 1. The van der Waals surface area contributed by atoms with Gasteiger partial charge in [-0.1, -0.05) is 6.07 Å². The molecular weight excluding hydrogens is 498 g/mol. The van der Waals surface area contributed by atoms with Crippen LogP contribution >= 0.6 is 11.3 Å². The Morgan fingerprint density at radius 3 is 2.78 bits per heavy atom. The van der Waals surface area contributed by atoms with Crippen LogP contribution in [0.5, 0.6) is 5.88 Å². The molecule has 9 nitrogen and oxygen atoms in total. The smallest absolute Gasteiger partial charge is 0.262 e. The molecule has 5 heterocycles. The molecule has 0 fully saturated rings. The highest BCUT2D eigenvalue weighted by Crippen LogP contribution is 2.36. The summed E-state index contributed by atoms with van der Waals surface area (Å²) < 4.78 is 34.3. The average Bonchev–Trinajstić information content (AvgIpc) is 3.54. The Bertz CT molecular complexity index is 1760. The second kappa shape index (κ2) is 8.47. The summed E-state index contributed by atoms with van der Waals surface area (Å²) in [5, 5.41) is 3.79. The molecule has 8 bridgehead atoms. The lowest BCUT2D eigenvalue weighted by molar-refractivity contribution is 0.0951. The van der Waals surface area contributed by atoms with Gasteiger partial charge in [0.15, 0.2) is 0 Å². The minimum Gasteiger partial charge on any atom is -0.480 e. The van der Waals surface area contributed by atoms with E-state index < -0.39 is 10.0 Å². The first kappa shape index (κ1) is 22.3. The lowest BCUT2D eigenvalue weighted by Crippen LogP contribution is -2.23. The van der Waals surface area contributed by atoms with E-state index in [0.29, 0.717) is 17.8 Å². The second-order valence-corrected chi connectivity index (χ2v) is 11.0. The molecular formula is C25H19N5O4S2. The van der Waals surface area contributed by atoms with Crippen LogP contribution in [-0.2, 0) is 16.6 Å². The van der Waals surface area contributed by atoms with Crippen LogP contribution in [0, 0.1) is 0 Å². The Kier molecular flexibility index (Phi) is 5.23. The number of rotatable bonds is 1. The number of carbonyl (C=O) groups is 1. The zero-order chi connectivity index (χ0) is 24.9. The highest BCUT2D eigenvalue weighted by atomic mass is 32.2. The third-order valence-electron chi connectivity index (χ3n) is 5.89. The highest BCUT2D eigenvalue weighted by molar-refractivity contribution is 7.92. The Balaban J connectivity index is 1.56. The number of sulfonamides is 1. The van der Waals surface area contributed by atoms with Gasteiger partial charge in [0, 0.05) is 49.9 Å². The van der Waals surface area contributed by atoms with Gasteiger partial charge < -0.3 is 15.0 Å². The summed E-state index contributed by atoms with van der Waals surface area (Å²) in [5.74, 6) is -0.252. The van der Waals surface area contributed by atoms with Crippen LogP contribution in [0.15, 0.2) is 71.9 Å². The van der Waals surface area contributed by atoms with Gasteiger partial charge in [-0.25, -0.2) is 18.4 Å². The van der Waals surface area contributed by atoms with E-state index in [2.05, 4.69) is 25.0 Å². The van der Waals surface area contributed by atoms with Crippen molar-refractivity contribution in [1.29, 1.82) is 0 Å². The topological polar surface area (TPSA) is 126 Å². The van der Waals surface area contributed by atoms with E-state index in [9.17, 15) is 13.2 Å². The fraction of sp³-hybridized carbons (Fsp3) is 0.0800. The van der Waals surface area contributed by atoms with Crippen molar-refractivity contribution in [3.63, 3.8) is 0 Å². The maximum Gasteiger partial charge on any atom is 0.262 e. The number of benzene rings is 1. The van der Waals surface area contributed by atoms with Crippen molar-refractivity contribution in [3.05, 3.63) is 77.4 Å². The fourth-order valence-electron chi connectivity index (χ4n) is 4.13. The number of fused-ring (bicyclic) bond motifs is 9. The van der Waals surface area contributed by atoms with Crippen LogP contribution < -0.4 is 14.8 Å². The molecule has 180 valence electrons. The van der Waals surface area contributed by atoms with E-state index in [0.717, 1.165) is 26.4 Å². The van der Waals surface area contributed by atoms with E-state index in [1.165, 1.54) is 25.3 Å². The minimum atomic E-state index is -4.05. The summed E-state index contributed by atoms with van der Waals surface area (Å²) in [6, 6.07) is 15.4. The molecule has 0 unspecified atom stereocenters. The molecule has 11 heteroatoms. The Hall–Kier alpha value is -4.22. The Morgan fingerprint density at radius 1 is 1.03 bits per heavy atom. The highest BCUT2D eigenvalue weighted by Gasteiger charge is 2.21. The largest absolute Gasteiger partial charge is 0.480 e. The zero-order valence-electron chi connectivity index (χ0n) is 18.9. The molecule has 1 aliphatic rings. The quantitative estimate of drug-likeness (QED) is 0.302. The number of amides is 1. The minimum absolute atomic E-state index is 0.0541. The Labute approximate surface area is 210 Å². The molecule has 5 aromatic rings. The standard InChI is InChI=1S/C25H19N5O4S2/c1-34-25-21-10-15(12-28-25)20-11-19-18(7-8-26-23(19)29-20)22-6-5-16(35-22)13-27-24(31)14-3-2-4-17(9-14)36(32,33)30-21/h2-12,30H,13H2,1H3,(H,26,29)(H,27,31). The normalized spacial score (nSPS) is 14.5. The third-order valence-corrected chi connectivity index (χ3v) is 8.37. The molecule has 0 aliphatic carbocycles. The number of nitrogens with one attached hydrogen (secondary N) is 3. The molecule has 4 aromatic heterocycles. The van der Waals surface area contributed by atoms with Gasteiger partial charge in [-0.3, -0.25) is 9.52 Å². The monoisotopic (exact) mass is 517 g/mol. The van der Waals surface area contributed by atoms with Crippen LogP contribution in [0.2, 0.25) is 0 Å². The number of nitrogens with zero attached hydrogens (tertiary/aromatic N) is 2. The first-order chi connectivity index (χ1) is 17.4. The molecule has 0 spiro atoms. The molecule has 0 atom stereocenters. The van der Waals surface area contributed by atoms with Gasteiger partial charge >= 0.3 is 0 Å².